The van der Waals surface area contributed by atoms with Crippen LogP contribution in [0, 0.1) is 12.8 Å². The number of nitrogens with zero attached hydrogens (tertiary/aromatic N) is 2. The van der Waals surface area contributed by atoms with Crippen LogP contribution in [-0.2, 0) is 11.3 Å². The van der Waals surface area contributed by atoms with Crippen LogP contribution in [0.4, 0.5) is 0 Å². The highest BCUT2D eigenvalue weighted by Crippen LogP contribution is 2.30. The van der Waals surface area contributed by atoms with Crippen molar-refractivity contribution in [2.24, 2.45) is 5.92 Å². The molecular weight excluding hydrogens is 362 g/mol. The standard InChI is InChI=1S/C24H27N3O2/c1-16-5-4-6-18-13-20(15-27-12-11-19(14-27)24(28)25-2)23(26-22(16)18)17-7-9-21(29-3)10-8-17/h4-10,13,19H,11-12,14-15H2,1-3H3,(H,25,28)/t19-/m1/s1. The van der Waals surface area contributed by atoms with Crippen molar-refractivity contribution in [1.29, 1.82) is 0 Å². The van der Waals surface area contributed by atoms with Crippen molar-refractivity contribution in [3.63, 3.8) is 0 Å². The summed E-state index contributed by atoms with van der Waals surface area (Å²) in [7, 11) is 3.39. The van der Waals surface area contributed by atoms with Crippen LogP contribution in [-0.4, -0.2) is 43.0 Å². The summed E-state index contributed by atoms with van der Waals surface area (Å²) >= 11 is 0. The molecule has 2 heterocycles. The maximum Gasteiger partial charge on any atom is 0.224 e. The highest BCUT2D eigenvalue weighted by Gasteiger charge is 2.28. The molecule has 4 rings (SSSR count). The number of fused-ring (bicyclic) bond motifs is 1. The quantitative estimate of drug-likeness (QED) is 0.721. The lowest BCUT2D eigenvalue weighted by Crippen LogP contribution is -2.30. The molecule has 0 saturated carbocycles. The first kappa shape index (κ1) is 19.4. The molecule has 1 fully saturated rings. The Hall–Kier alpha value is -2.92. The number of nitrogens with one attached hydrogen (secondary N) is 1. The summed E-state index contributed by atoms with van der Waals surface area (Å²) in [6, 6.07) is 16.6. The first-order valence-electron chi connectivity index (χ1n) is 10.1. The molecule has 1 aliphatic rings. The lowest BCUT2D eigenvalue weighted by Gasteiger charge is -2.19. The van der Waals surface area contributed by atoms with Crippen LogP contribution in [0.3, 0.4) is 0 Å². The number of amides is 1. The molecular formula is C24H27N3O2. The second kappa shape index (κ2) is 8.21. The first-order valence-corrected chi connectivity index (χ1v) is 10.1. The van der Waals surface area contributed by atoms with Gasteiger partial charge in [-0.05, 0) is 61.3 Å². The number of aromatic nitrogens is 1. The van der Waals surface area contributed by atoms with Crippen molar-refractivity contribution >= 4 is 16.8 Å². The molecule has 1 aromatic heterocycles. The second-order valence-electron chi connectivity index (χ2n) is 7.71. The number of rotatable bonds is 5. The van der Waals surface area contributed by atoms with Crippen LogP contribution < -0.4 is 10.1 Å². The van der Waals surface area contributed by atoms with E-state index in [2.05, 4.69) is 53.5 Å². The Morgan fingerprint density at radius 1 is 1.24 bits per heavy atom. The fourth-order valence-electron chi connectivity index (χ4n) is 4.15. The van der Waals surface area contributed by atoms with Gasteiger partial charge in [0.15, 0.2) is 0 Å². The number of ether oxygens (including phenoxy) is 1. The average molecular weight is 389 g/mol. The van der Waals surface area contributed by atoms with Crippen molar-refractivity contribution in [2.45, 2.75) is 19.9 Å². The van der Waals surface area contributed by atoms with E-state index in [1.807, 2.05) is 12.1 Å². The summed E-state index contributed by atoms with van der Waals surface area (Å²) in [5.74, 6) is 1.04. The predicted molar refractivity (Wildman–Crippen MR) is 116 cm³/mol. The molecule has 0 aliphatic carbocycles. The summed E-state index contributed by atoms with van der Waals surface area (Å²) in [6.45, 7) is 4.59. The van der Waals surface area contributed by atoms with E-state index in [4.69, 9.17) is 9.72 Å². The van der Waals surface area contributed by atoms with Gasteiger partial charge in [0.2, 0.25) is 5.91 Å². The Morgan fingerprint density at radius 3 is 2.76 bits per heavy atom. The minimum Gasteiger partial charge on any atom is -0.497 e. The van der Waals surface area contributed by atoms with Gasteiger partial charge in [0.25, 0.3) is 0 Å². The van der Waals surface area contributed by atoms with Gasteiger partial charge in [-0.1, -0.05) is 18.2 Å². The third-order valence-corrected chi connectivity index (χ3v) is 5.77. The van der Waals surface area contributed by atoms with Gasteiger partial charge in [-0.25, -0.2) is 4.98 Å². The minimum absolute atomic E-state index is 0.0695. The number of likely N-dealkylation sites (tertiary alicyclic amines) is 1. The largest absolute Gasteiger partial charge is 0.497 e. The van der Waals surface area contributed by atoms with Crippen LogP contribution in [0.1, 0.15) is 17.5 Å². The molecule has 29 heavy (non-hydrogen) atoms. The van der Waals surface area contributed by atoms with E-state index in [0.717, 1.165) is 54.0 Å². The van der Waals surface area contributed by atoms with Crippen LogP contribution >= 0.6 is 0 Å². The molecule has 1 amide bonds. The third kappa shape index (κ3) is 3.96. The summed E-state index contributed by atoms with van der Waals surface area (Å²) in [5.41, 5.74) is 5.47. The van der Waals surface area contributed by atoms with E-state index >= 15 is 0 Å². The van der Waals surface area contributed by atoms with Crippen LogP contribution in [0.15, 0.2) is 48.5 Å². The zero-order valence-electron chi connectivity index (χ0n) is 17.2. The van der Waals surface area contributed by atoms with Crippen LogP contribution in [0.5, 0.6) is 5.75 Å². The third-order valence-electron chi connectivity index (χ3n) is 5.77. The Bertz CT molecular complexity index is 1030. The monoisotopic (exact) mass is 389 g/mol. The summed E-state index contributed by atoms with van der Waals surface area (Å²) in [4.78, 5) is 19.4. The van der Waals surface area contributed by atoms with Gasteiger partial charge in [-0.3, -0.25) is 9.69 Å². The van der Waals surface area contributed by atoms with E-state index in [1.165, 1.54) is 11.1 Å². The molecule has 1 atom stereocenters. The molecule has 0 bridgehead atoms. The fraction of sp³-hybridized carbons (Fsp3) is 0.333. The molecule has 0 unspecified atom stereocenters. The van der Waals surface area contributed by atoms with Crippen molar-refractivity contribution in [1.82, 2.24) is 15.2 Å². The zero-order chi connectivity index (χ0) is 20.4. The van der Waals surface area contributed by atoms with E-state index in [0.29, 0.717) is 0 Å². The van der Waals surface area contributed by atoms with Crippen molar-refractivity contribution in [3.8, 4) is 17.0 Å². The predicted octanol–water partition coefficient (Wildman–Crippen LogP) is 3.79. The van der Waals surface area contributed by atoms with Gasteiger partial charge in [0.05, 0.1) is 24.2 Å². The number of benzene rings is 2. The Labute approximate surface area is 171 Å². The molecule has 0 radical (unpaired) electrons. The number of aryl methyl sites for hydroxylation is 1. The first-order chi connectivity index (χ1) is 14.1. The number of methoxy groups -OCH3 is 1. The van der Waals surface area contributed by atoms with E-state index in [-0.39, 0.29) is 11.8 Å². The SMILES string of the molecule is CNC(=O)[C@@H]1CCN(Cc2cc3cccc(C)c3nc2-c2ccc(OC)cc2)C1. The highest BCUT2D eigenvalue weighted by atomic mass is 16.5. The Balaban J connectivity index is 1.72. The fourth-order valence-corrected chi connectivity index (χ4v) is 4.15. The van der Waals surface area contributed by atoms with E-state index in [9.17, 15) is 4.79 Å². The van der Waals surface area contributed by atoms with Gasteiger partial charge in [-0.2, -0.15) is 0 Å². The van der Waals surface area contributed by atoms with E-state index < -0.39 is 0 Å². The maximum absolute atomic E-state index is 12.0. The summed E-state index contributed by atoms with van der Waals surface area (Å²) in [5, 5.41) is 3.93. The number of carbonyl (C=O) groups excluding carboxylic acids is 1. The molecule has 5 nitrogen and oxygen atoms in total. The number of hydrogen-bond donors (Lipinski definition) is 1. The van der Waals surface area contributed by atoms with Gasteiger partial charge < -0.3 is 10.1 Å². The number of carbonyl (C=O) groups is 1. The second-order valence-corrected chi connectivity index (χ2v) is 7.71. The smallest absolute Gasteiger partial charge is 0.224 e. The van der Waals surface area contributed by atoms with Crippen LogP contribution in [0.2, 0.25) is 0 Å². The van der Waals surface area contributed by atoms with Crippen molar-refractivity contribution in [2.75, 3.05) is 27.2 Å². The lowest BCUT2D eigenvalue weighted by atomic mass is 10.0. The number of hydrogen-bond acceptors (Lipinski definition) is 4. The van der Waals surface area contributed by atoms with Gasteiger partial charge in [0.1, 0.15) is 5.75 Å². The molecule has 1 aliphatic heterocycles. The maximum atomic E-state index is 12.0. The molecule has 2 aromatic carbocycles. The molecule has 0 spiro atoms. The molecule has 5 heteroatoms. The summed E-state index contributed by atoms with van der Waals surface area (Å²) in [6.07, 6.45) is 0.900. The van der Waals surface area contributed by atoms with Crippen molar-refractivity contribution < 1.29 is 9.53 Å². The minimum atomic E-state index is 0.0695. The van der Waals surface area contributed by atoms with Gasteiger partial charge >= 0.3 is 0 Å². The van der Waals surface area contributed by atoms with Crippen LogP contribution in [0.25, 0.3) is 22.2 Å². The Kier molecular flexibility index (Phi) is 5.49. The lowest BCUT2D eigenvalue weighted by molar-refractivity contribution is -0.124. The van der Waals surface area contributed by atoms with E-state index in [1.54, 1.807) is 14.2 Å². The average Bonchev–Trinajstić information content (AvgIpc) is 3.22. The highest BCUT2D eigenvalue weighted by molar-refractivity contribution is 5.86. The Morgan fingerprint density at radius 2 is 2.03 bits per heavy atom. The van der Waals surface area contributed by atoms with Gasteiger partial charge in [-0.15, -0.1) is 0 Å². The molecule has 1 N–H and O–H groups in total. The molecule has 3 aromatic rings. The normalized spacial score (nSPS) is 16.9. The molecule has 1 saturated heterocycles. The number of pyridine rings is 1. The van der Waals surface area contributed by atoms with Gasteiger partial charge in [0, 0.05) is 31.1 Å². The zero-order valence-corrected chi connectivity index (χ0v) is 17.2. The van der Waals surface area contributed by atoms with Crippen molar-refractivity contribution in [3.05, 3.63) is 59.7 Å². The molecule has 150 valence electrons. The number of para-hydroxylation sites is 1. The topological polar surface area (TPSA) is 54.5 Å². The summed E-state index contributed by atoms with van der Waals surface area (Å²) < 4.78 is 5.31.